The maximum absolute atomic E-state index is 12.9. The summed E-state index contributed by atoms with van der Waals surface area (Å²) in [6.07, 6.45) is -3.47. The Hall–Kier alpha value is -0.660. The highest BCUT2D eigenvalue weighted by Gasteiger charge is 2.53. The van der Waals surface area contributed by atoms with Gasteiger partial charge in [-0.1, -0.05) is 15.9 Å². The van der Waals surface area contributed by atoms with E-state index in [-0.39, 0.29) is 18.3 Å². The zero-order valence-corrected chi connectivity index (χ0v) is 10.2. The molecule has 0 N–H and O–H groups in total. The van der Waals surface area contributed by atoms with Crippen LogP contribution in [-0.4, -0.2) is 46.9 Å². The van der Waals surface area contributed by atoms with Crippen LogP contribution in [-0.2, 0) is 9.59 Å². The summed E-state index contributed by atoms with van der Waals surface area (Å²) in [7, 11) is 0. The Morgan fingerprint density at radius 1 is 1.41 bits per heavy atom. The lowest BCUT2D eigenvalue weighted by molar-refractivity contribution is -0.181. The normalized spacial score (nSPS) is 21.1. The number of carbonyl (C=O) groups excluding carboxylic acids is 2. The smallest absolute Gasteiger partial charge is 0.327 e. The van der Waals surface area contributed by atoms with Gasteiger partial charge in [0.2, 0.25) is 0 Å². The molecule has 0 aromatic rings. The monoisotopic (exact) mass is 319 g/mol. The first-order chi connectivity index (χ1) is 7.82. The van der Waals surface area contributed by atoms with E-state index in [9.17, 15) is 27.2 Å². The second kappa shape index (κ2) is 5.32. The molecule has 0 saturated carbocycles. The first-order valence-electron chi connectivity index (χ1n) is 4.88. The van der Waals surface area contributed by atoms with Crippen molar-refractivity contribution in [2.45, 2.75) is 31.2 Å². The highest BCUT2D eigenvalue weighted by Crippen LogP contribution is 2.29. The minimum absolute atomic E-state index is 0.0927. The fraction of sp³-hybridized carbons (Fsp3) is 0.778. The zero-order chi connectivity index (χ0) is 13.2. The molecule has 0 aromatic carbocycles. The highest BCUT2D eigenvalue weighted by atomic mass is 79.9. The molecule has 1 rings (SSSR count). The van der Waals surface area contributed by atoms with Gasteiger partial charge in [0.05, 0.1) is 11.4 Å². The van der Waals surface area contributed by atoms with Crippen molar-refractivity contribution in [3.8, 4) is 0 Å². The van der Waals surface area contributed by atoms with E-state index in [2.05, 4.69) is 15.9 Å². The Balaban J connectivity index is 2.85. The summed E-state index contributed by atoms with van der Waals surface area (Å²) in [5.41, 5.74) is 0. The largest absolute Gasteiger partial charge is 0.383 e. The van der Waals surface area contributed by atoms with Gasteiger partial charge in [0.25, 0.3) is 5.91 Å². The van der Waals surface area contributed by atoms with Crippen molar-refractivity contribution in [3.63, 3.8) is 0 Å². The summed E-state index contributed by atoms with van der Waals surface area (Å²) in [5.74, 6) is -7.15. The molecule has 1 aliphatic rings. The van der Waals surface area contributed by atoms with Gasteiger partial charge in [-0.05, 0) is 12.8 Å². The maximum atomic E-state index is 12.9. The fourth-order valence-corrected chi connectivity index (χ4v) is 2.09. The van der Waals surface area contributed by atoms with Gasteiger partial charge >= 0.3 is 12.3 Å². The van der Waals surface area contributed by atoms with Crippen molar-refractivity contribution < 1.29 is 27.2 Å². The van der Waals surface area contributed by atoms with E-state index in [0.29, 0.717) is 11.3 Å². The number of ketones is 1. The topological polar surface area (TPSA) is 37.4 Å². The molecule has 0 spiro atoms. The van der Waals surface area contributed by atoms with Crippen molar-refractivity contribution in [2.24, 2.45) is 0 Å². The molecule has 1 amide bonds. The third kappa shape index (κ3) is 2.78. The fourth-order valence-electron chi connectivity index (χ4n) is 1.72. The molecular weight excluding hydrogens is 310 g/mol. The molecule has 1 heterocycles. The Bertz CT molecular complexity index is 324. The van der Waals surface area contributed by atoms with E-state index in [0.717, 1.165) is 0 Å². The van der Waals surface area contributed by atoms with E-state index >= 15 is 0 Å². The lowest BCUT2D eigenvalue weighted by atomic mass is 10.1. The Morgan fingerprint density at radius 2 is 2.00 bits per heavy atom. The van der Waals surface area contributed by atoms with Crippen LogP contribution < -0.4 is 0 Å². The van der Waals surface area contributed by atoms with Crippen LogP contribution in [0.5, 0.6) is 0 Å². The summed E-state index contributed by atoms with van der Waals surface area (Å²) in [5, 5.41) is -0.0955. The number of rotatable bonds is 4. The molecule has 1 fully saturated rings. The summed E-state index contributed by atoms with van der Waals surface area (Å²) >= 11 is 2.86. The summed E-state index contributed by atoms with van der Waals surface area (Å²) in [6.45, 7) is -0.0927. The first-order valence-corrected chi connectivity index (χ1v) is 6.00. The van der Waals surface area contributed by atoms with Crippen molar-refractivity contribution in [2.75, 3.05) is 11.9 Å². The second-order valence-corrected chi connectivity index (χ2v) is 4.24. The van der Waals surface area contributed by atoms with Crippen LogP contribution in [0.2, 0.25) is 0 Å². The molecule has 0 aromatic heterocycles. The molecule has 8 heteroatoms. The van der Waals surface area contributed by atoms with E-state index in [4.69, 9.17) is 0 Å². The maximum Gasteiger partial charge on any atom is 0.383 e. The number of alkyl halides is 5. The molecule has 98 valence electrons. The standard InChI is InChI=1S/C9H10BrF4NO2/c10-4-6(16)5-2-1-3-15(5)8(17)9(13,14)7(11)12/h5,7H,1-4H2. The molecule has 1 aliphatic heterocycles. The predicted molar refractivity (Wildman–Crippen MR) is 54.5 cm³/mol. The first kappa shape index (κ1) is 14.4. The van der Waals surface area contributed by atoms with Gasteiger partial charge in [-0.15, -0.1) is 0 Å². The summed E-state index contributed by atoms with van der Waals surface area (Å²) in [6, 6.07) is -1.02. The molecular formula is C9H10BrF4NO2. The molecule has 0 aliphatic carbocycles. The minimum Gasteiger partial charge on any atom is -0.327 e. The summed E-state index contributed by atoms with van der Waals surface area (Å²) in [4.78, 5) is 23.2. The van der Waals surface area contributed by atoms with E-state index in [1.165, 1.54) is 0 Å². The number of amides is 1. The molecule has 17 heavy (non-hydrogen) atoms. The van der Waals surface area contributed by atoms with Crippen LogP contribution in [0.1, 0.15) is 12.8 Å². The van der Waals surface area contributed by atoms with Crippen LogP contribution in [0.25, 0.3) is 0 Å². The summed E-state index contributed by atoms with van der Waals surface area (Å²) < 4.78 is 49.8. The average molecular weight is 320 g/mol. The van der Waals surface area contributed by atoms with Gasteiger partial charge in [0.1, 0.15) is 0 Å². The van der Waals surface area contributed by atoms with E-state index in [1.807, 2.05) is 0 Å². The number of hydrogen-bond acceptors (Lipinski definition) is 2. The third-order valence-electron chi connectivity index (χ3n) is 2.58. The molecule has 1 saturated heterocycles. The van der Waals surface area contributed by atoms with Crippen LogP contribution in [0.15, 0.2) is 0 Å². The predicted octanol–water partition coefficient (Wildman–Crippen LogP) is 1.84. The number of nitrogens with zero attached hydrogens (tertiary/aromatic N) is 1. The Labute approximate surface area is 103 Å². The van der Waals surface area contributed by atoms with Crippen molar-refractivity contribution >= 4 is 27.6 Å². The Kier molecular flexibility index (Phi) is 4.51. The van der Waals surface area contributed by atoms with Crippen LogP contribution in [0.3, 0.4) is 0 Å². The molecule has 1 unspecified atom stereocenters. The minimum atomic E-state index is -4.73. The number of Topliss-reactive ketones (excluding diaryl/α,β-unsaturated/α-hetero) is 1. The molecule has 3 nitrogen and oxygen atoms in total. The molecule has 0 bridgehead atoms. The van der Waals surface area contributed by atoms with Gasteiger partial charge in [-0.2, -0.15) is 8.78 Å². The van der Waals surface area contributed by atoms with Gasteiger partial charge in [-0.3, -0.25) is 9.59 Å². The number of carbonyl (C=O) groups is 2. The highest BCUT2D eigenvalue weighted by molar-refractivity contribution is 9.09. The van der Waals surface area contributed by atoms with E-state index in [1.54, 1.807) is 0 Å². The zero-order valence-electron chi connectivity index (χ0n) is 8.64. The molecule has 0 radical (unpaired) electrons. The van der Waals surface area contributed by atoms with Crippen LogP contribution >= 0.6 is 15.9 Å². The van der Waals surface area contributed by atoms with Gasteiger partial charge in [-0.25, -0.2) is 8.78 Å². The SMILES string of the molecule is O=C(CBr)C1CCCN1C(=O)C(F)(F)C(F)F. The number of likely N-dealkylation sites (tertiary alicyclic amines) is 1. The number of halogens is 5. The quantitative estimate of drug-likeness (QED) is 0.586. The van der Waals surface area contributed by atoms with E-state index < -0.39 is 30.1 Å². The van der Waals surface area contributed by atoms with Crippen molar-refractivity contribution in [1.82, 2.24) is 4.90 Å². The van der Waals surface area contributed by atoms with Gasteiger partial charge in [0, 0.05) is 6.54 Å². The van der Waals surface area contributed by atoms with Crippen LogP contribution in [0, 0.1) is 0 Å². The molecule has 1 atom stereocenters. The second-order valence-electron chi connectivity index (χ2n) is 3.68. The lowest BCUT2D eigenvalue weighted by Gasteiger charge is -2.26. The Morgan fingerprint density at radius 3 is 2.47 bits per heavy atom. The van der Waals surface area contributed by atoms with Gasteiger partial charge in [0.15, 0.2) is 5.78 Å². The van der Waals surface area contributed by atoms with Crippen molar-refractivity contribution in [3.05, 3.63) is 0 Å². The average Bonchev–Trinajstić information content (AvgIpc) is 2.75. The van der Waals surface area contributed by atoms with Crippen LogP contribution in [0.4, 0.5) is 17.6 Å². The lowest BCUT2D eigenvalue weighted by Crippen LogP contribution is -2.51. The number of hydrogen-bond donors (Lipinski definition) is 0. The third-order valence-corrected chi connectivity index (χ3v) is 3.13. The van der Waals surface area contributed by atoms with Crippen molar-refractivity contribution in [1.29, 1.82) is 0 Å². The van der Waals surface area contributed by atoms with Gasteiger partial charge < -0.3 is 4.90 Å².